The summed E-state index contributed by atoms with van der Waals surface area (Å²) in [7, 11) is 0. The number of nitrogens with one attached hydrogen (secondary N) is 2. The highest BCUT2D eigenvalue weighted by atomic mass is 16.6. The summed E-state index contributed by atoms with van der Waals surface area (Å²) < 4.78 is 0. The number of hydrogen-bond acceptors (Lipinski definition) is 5. The minimum atomic E-state index is -0.550. The summed E-state index contributed by atoms with van der Waals surface area (Å²) in [5.74, 6) is 0. The van der Waals surface area contributed by atoms with Gasteiger partial charge in [-0.05, 0) is 25.1 Å². The Balaban J connectivity index is 2.58. The van der Waals surface area contributed by atoms with Crippen LogP contribution in [-0.4, -0.2) is 24.6 Å². The van der Waals surface area contributed by atoms with Gasteiger partial charge in [0, 0.05) is 24.8 Å². The SMILES string of the molecule is CCCNCCNc1ccc([N+](=O)[O-])c(C#N)c1. The second kappa shape index (κ2) is 7.25. The molecule has 0 saturated heterocycles. The molecular weight excluding hydrogens is 232 g/mol. The van der Waals surface area contributed by atoms with Crippen molar-refractivity contribution in [2.24, 2.45) is 0 Å². The molecule has 0 unspecified atom stereocenters. The van der Waals surface area contributed by atoms with Gasteiger partial charge in [-0.2, -0.15) is 5.26 Å². The van der Waals surface area contributed by atoms with E-state index < -0.39 is 4.92 Å². The molecule has 1 rings (SSSR count). The number of nitriles is 1. The van der Waals surface area contributed by atoms with Crippen LogP contribution in [0.4, 0.5) is 11.4 Å². The van der Waals surface area contributed by atoms with E-state index in [0.29, 0.717) is 6.54 Å². The van der Waals surface area contributed by atoms with E-state index in [-0.39, 0.29) is 11.3 Å². The average molecular weight is 248 g/mol. The molecule has 0 bridgehead atoms. The van der Waals surface area contributed by atoms with E-state index in [1.807, 2.05) is 6.07 Å². The normalized spacial score (nSPS) is 9.78. The zero-order valence-electron chi connectivity index (χ0n) is 10.3. The fourth-order valence-electron chi connectivity index (χ4n) is 1.49. The minimum absolute atomic E-state index is 0.0755. The molecule has 0 radical (unpaired) electrons. The molecule has 0 saturated carbocycles. The molecule has 0 heterocycles. The highest BCUT2D eigenvalue weighted by molar-refractivity contribution is 5.58. The van der Waals surface area contributed by atoms with Gasteiger partial charge in [-0.15, -0.1) is 0 Å². The first-order chi connectivity index (χ1) is 8.69. The molecule has 0 aliphatic rings. The number of nitro groups is 1. The number of benzene rings is 1. The number of nitro benzene ring substituents is 1. The maximum absolute atomic E-state index is 10.6. The van der Waals surface area contributed by atoms with E-state index in [4.69, 9.17) is 5.26 Å². The van der Waals surface area contributed by atoms with Crippen molar-refractivity contribution in [1.29, 1.82) is 5.26 Å². The van der Waals surface area contributed by atoms with Crippen molar-refractivity contribution in [2.45, 2.75) is 13.3 Å². The van der Waals surface area contributed by atoms with E-state index in [2.05, 4.69) is 17.6 Å². The lowest BCUT2D eigenvalue weighted by atomic mass is 10.2. The number of rotatable bonds is 7. The Morgan fingerprint density at radius 2 is 2.17 bits per heavy atom. The molecule has 0 fully saturated rings. The molecular formula is C12H16N4O2. The zero-order valence-corrected chi connectivity index (χ0v) is 10.3. The summed E-state index contributed by atoms with van der Waals surface area (Å²) >= 11 is 0. The van der Waals surface area contributed by atoms with E-state index in [0.717, 1.165) is 25.2 Å². The van der Waals surface area contributed by atoms with Gasteiger partial charge in [-0.25, -0.2) is 0 Å². The predicted octanol–water partition coefficient (Wildman–Crippen LogP) is 1.88. The molecule has 0 atom stereocenters. The number of nitrogens with zero attached hydrogens (tertiary/aromatic N) is 2. The fourth-order valence-corrected chi connectivity index (χ4v) is 1.49. The Morgan fingerprint density at radius 3 is 2.78 bits per heavy atom. The van der Waals surface area contributed by atoms with Gasteiger partial charge in [0.1, 0.15) is 11.6 Å². The van der Waals surface area contributed by atoms with Crippen LogP contribution in [0.15, 0.2) is 18.2 Å². The Morgan fingerprint density at radius 1 is 1.39 bits per heavy atom. The summed E-state index contributed by atoms with van der Waals surface area (Å²) in [5.41, 5.74) is 0.633. The van der Waals surface area contributed by atoms with Gasteiger partial charge in [0.2, 0.25) is 0 Å². The van der Waals surface area contributed by atoms with Gasteiger partial charge in [-0.1, -0.05) is 6.92 Å². The van der Waals surface area contributed by atoms with Crippen molar-refractivity contribution in [3.05, 3.63) is 33.9 Å². The van der Waals surface area contributed by atoms with E-state index in [9.17, 15) is 10.1 Å². The monoisotopic (exact) mass is 248 g/mol. The van der Waals surface area contributed by atoms with Gasteiger partial charge in [-0.3, -0.25) is 10.1 Å². The first kappa shape index (κ1) is 13.9. The van der Waals surface area contributed by atoms with Crippen molar-refractivity contribution in [3.8, 4) is 6.07 Å². The molecule has 0 aliphatic heterocycles. The summed E-state index contributed by atoms with van der Waals surface area (Å²) in [5, 5.41) is 25.8. The summed E-state index contributed by atoms with van der Waals surface area (Å²) in [6.07, 6.45) is 1.08. The molecule has 0 aromatic heterocycles. The third kappa shape index (κ3) is 4.03. The van der Waals surface area contributed by atoms with Gasteiger partial charge in [0.15, 0.2) is 0 Å². The Hall–Kier alpha value is -2.13. The molecule has 1 aromatic carbocycles. The van der Waals surface area contributed by atoms with Crippen LogP contribution in [0.25, 0.3) is 0 Å². The maximum Gasteiger partial charge on any atom is 0.287 e. The molecule has 6 heteroatoms. The highest BCUT2D eigenvalue weighted by Gasteiger charge is 2.13. The summed E-state index contributed by atoms with van der Waals surface area (Å²) in [4.78, 5) is 10.1. The van der Waals surface area contributed by atoms with Crippen LogP contribution in [-0.2, 0) is 0 Å². The van der Waals surface area contributed by atoms with Crippen molar-refractivity contribution in [2.75, 3.05) is 25.0 Å². The molecule has 0 amide bonds. The second-order valence-electron chi connectivity index (χ2n) is 3.78. The van der Waals surface area contributed by atoms with Crippen molar-refractivity contribution in [3.63, 3.8) is 0 Å². The largest absolute Gasteiger partial charge is 0.384 e. The lowest BCUT2D eigenvalue weighted by molar-refractivity contribution is -0.385. The predicted molar refractivity (Wildman–Crippen MR) is 69.5 cm³/mol. The van der Waals surface area contributed by atoms with Crippen molar-refractivity contribution in [1.82, 2.24) is 5.32 Å². The quantitative estimate of drug-likeness (QED) is 0.436. The smallest absolute Gasteiger partial charge is 0.287 e. The van der Waals surface area contributed by atoms with Gasteiger partial charge >= 0.3 is 0 Å². The Bertz CT molecular complexity index is 454. The van der Waals surface area contributed by atoms with E-state index in [1.165, 1.54) is 12.1 Å². The van der Waals surface area contributed by atoms with E-state index in [1.54, 1.807) is 6.07 Å². The third-order valence-electron chi connectivity index (χ3n) is 2.37. The topological polar surface area (TPSA) is 91.0 Å². The highest BCUT2D eigenvalue weighted by Crippen LogP contribution is 2.21. The standard InChI is InChI=1S/C12H16N4O2/c1-2-5-14-6-7-15-11-3-4-12(16(17)18)10(8-11)9-13/h3-4,8,14-15H,2,5-7H2,1H3. The maximum atomic E-state index is 10.6. The summed E-state index contributed by atoms with van der Waals surface area (Å²) in [6, 6.07) is 6.29. The molecule has 18 heavy (non-hydrogen) atoms. The third-order valence-corrected chi connectivity index (χ3v) is 2.37. The van der Waals surface area contributed by atoms with Crippen LogP contribution in [0.1, 0.15) is 18.9 Å². The first-order valence-electron chi connectivity index (χ1n) is 5.82. The van der Waals surface area contributed by atoms with Crippen LogP contribution >= 0.6 is 0 Å². The minimum Gasteiger partial charge on any atom is -0.384 e. The van der Waals surface area contributed by atoms with Crippen LogP contribution < -0.4 is 10.6 Å². The fraction of sp³-hybridized carbons (Fsp3) is 0.417. The lowest BCUT2D eigenvalue weighted by Crippen LogP contribution is -2.22. The average Bonchev–Trinajstić information content (AvgIpc) is 2.38. The van der Waals surface area contributed by atoms with Crippen LogP contribution in [0.5, 0.6) is 0 Å². The molecule has 6 nitrogen and oxygen atoms in total. The Labute approximate surface area is 106 Å². The Kier molecular flexibility index (Phi) is 5.61. The van der Waals surface area contributed by atoms with Crippen molar-refractivity contribution >= 4 is 11.4 Å². The van der Waals surface area contributed by atoms with Gasteiger partial charge in [0.25, 0.3) is 5.69 Å². The first-order valence-corrected chi connectivity index (χ1v) is 5.82. The zero-order chi connectivity index (χ0) is 13.4. The second-order valence-corrected chi connectivity index (χ2v) is 3.78. The molecule has 0 spiro atoms. The lowest BCUT2D eigenvalue weighted by Gasteiger charge is -2.07. The number of anilines is 1. The van der Waals surface area contributed by atoms with Crippen LogP contribution in [0.3, 0.4) is 0 Å². The molecule has 0 aliphatic carbocycles. The molecule has 2 N–H and O–H groups in total. The van der Waals surface area contributed by atoms with Crippen molar-refractivity contribution < 1.29 is 4.92 Å². The molecule has 1 aromatic rings. The van der Waals surface area contributed by atoms with Crippen LogP contribution in [0, 0.1) is 21.4 Å². The van der Waals surface area contributed by atoms with Gasteiger partial charge < -0.3 is 10.6 Å². The molecule has 96 valence electrons. The number of hydrogen-bond donors (Lipinski definition) is 2. The van der Waals surface area contributed by atoms with E-state index >= 15 is 0 Å². The van der Waals surface area contributed by atoms with Crippen LogP contribution in [0.2, 0.25) is 0 Å². The van der Waals surface area contributed by atoms with Gasteiger partial charge in [0.05, 0.1) is 4.92 Å². The summed E-state index contributed by atoms with van der Waals surface area (Å²) in [6.45, 7) is 4.58.